The smallest absolute Gasteiger partial charge is 0.335 e. The van der Waals surface area contributed by atoms with Crippen LogP contribution in [0.5, 0.6) is 0 Å². The molecule has 0 heterocycles. The molecule has 0 aliphatic rings. The first kappa shape index (κ1) is 12.3. The standard InChI is InChI=1S/C7H6O2.C2H6N.Zn/c8-7(9)6-4-2-1-3-5-6;1-3-2;/h1-5H,(H,8,9);1-2H3;/q;-1;+1. The molecule has 0 fully saturated rings. The monoisotopic (exact) mass is 230 g/mol. The third-order valence-corrected chi connectivity index (χ3v) is 1.02. The van der Waals surface area contributed by atoms with Gasteiger partial charge >= 0.3 is 42.2 Å². The molecule has 0 spiro atoms. The van der Waals surface area contributed by atoms with E-state index in [1.54, 1.807) is 30.3 Å². The van der Waals surface area contributed by atoms with E-state index in [0.29, 0.717) is 5.56 Å². The van der Waals surface area contributed by atoms with Crippen molar-refractivity contribution in [1.29, 1.82) is 0 Å². The summed E-state index contributed by atoms with van der Waals surface area (Å²) < 4.78 is 2.12. The molecule has 0 aromatic heterocycles. The SMILES string of the molecule is C[N](C)[Zn].O=C(O)c1ccccc1. The van der Waals surface area contributed by atoms with Gasteiger partial charge in [0, 0.05) is 0 Å². The van der Waals surface area contributed by atoms with E-state index in [4.69, 9.17) is 5.11 Å². The second-order valence-electron chi connectivity index (χ2n) is 2.75. The molecule has 0 radical (unpaired) electrons. The van der Waals surface area contributed by atoms with Crippen LogP contribution in [0.3, 0.4) is 0 Å². The molecule has 3 nitrogen and oxygen atoms in total. The van der Waals surface area contributed by atoms with Crippen LogP contribution in [0.2, 0.25) is 0 Å². The third kappa shape index (κ3) is 7.63. The quantitative estimate of drug-likeness (QED) is 0.743. The Labute approximate surface area is 88.3 Å². The summed E-state index contributed by atoms with van der Waals surface area (Å²) in [5.41, 5.74) is 0.331. The topological polar surface area (TPSA) is 40.5 Å². The second kappa shape index (κ2) is 6.75. The van der Waals surface area contributed by atoms with Crippen molar-refractivity contribution in [1.82, 2.24) is 3.64 Å². The van der Waals surface area contributed by atoms with Crippen molar-refractivity contribution in [3.05, 3.63) is 35.9 Å². The first-order chi connectivity index (χ1) is 6.04. The molecule has 0 atom stereocenters. The predicted octanol–water partition coefficient (Wildman–Crippen LogP) is 1.39. The molecule has 0 unspecified atom stereocenters. The minimum atomic E-state index is -0.879. The van der Waals surface area contributed by atoms with Gasteiger partial charge in [-0.1, -0.05) is 18.2 Å². The van der Waals surface area contributed by atoms with Crippen LogP contribution in [0.25, 0.3) is 0 Å². The zero-order valence-corrected chi connectivity index (χ0v) is 10.9. The minimum absolute atomic E-state index is 0.331. The summed E-state index contributed by atoms with van der Waals surface area (Å²) >= 11 is 1.26. The number of carboxylic acids is 1. The van der Waals surface area contributed by atoms with E-state index < -0.39 is 5.97 Å². The van der Waals surface area contributed by atoms with Gasteiger partial charge in [-0.15, -0.1) is 0 Å². The molecule has 4 heteroatoms. The summed E-state index contributed by atoms with van der Waals surface area (Å²) in [6, 6.07) is 8.30. The summed E-state index contributed by atoms with van der Waals surface area (Å²) in [6.07, 6.45) is 0. The number of carbonyl (C=O) groups is 1. The molecule has 0 aliphatic carbocycles. The number of hydrogen-bond donors (Lipinski definition) is 1. The molecule has 1 rings (SSSR count). The van der Waals surface area contributed by atoms with Gasteiger partial charge in [-0.3, -0.25) is 0 Å². The van der Waals surface area contributed by atoms with Gasteiger partial charge in [0.05, 0.1) is 5.56 Å². The van der Waals surface area contributed by atoms with Crippen molar-refractivity contribution in [2.45, 2.75) is 0 Å². The van der Waals surface area contributed by atoms with E-state index >= 15 is 0 Å². The van der Waals surface area contributed by atoms with Crippen LogP contribution >= 0.6 is 0 Å². The van der Waals surface area contributed by atoms with Gasteiger partial charge in [0.2, 0.25) is 0 Å². The Balaban J connectivity index is 0.000000310. The Morgan fingerprint density at radius 3 is 1.92 bits per heavy atom. The fraction of sp³-hybridized carbons (Fsp3) is 0.222. The number of aromatic carboxylic acids is 1. The number of rotatable bonds is 1. The predicted molar refractivity (Wildman–Crippen MR) is 47.1 cm³/mol. The maximum absolute atomic E-state index is 10.2. The number of nitrogens with zero attached hydrogens (tertiary/aromatic N) is 1. The fourth-order valence-corrected chi connectivity index (χ4v) is 0.581. The molecule has 1 N–H and O–H groups in total. The molecule has 0 aliphatic heterocycles. The zero-order valence-electron chi connectivity index (χ0n) is 7.90. The van der Waals surface area contributed by atoms with E-state index in [1.165, 1.54) is 18.5 Å². The van der Waals surface area contributed by atoms with E-state index in [1.807, 2.05) is 0 Å². The van der Waals surface area contributed by atoms with Gasteiger partial charge in [0.25, 0.3) is 0 Å². The first-order valence-corrected chi connectivity index (χ1v) is 5.13. The Hall–Kier alpha value is -0.727. The minimum Gasteiger partial charge on any atom is -0.478 e. The second-order valence-corrected chi connectivity index (χ2v) is 5.40. The maximum Gasteiger partial charge on any atom is 0.335 e. The van der Waals surface area contributed by atoms with Crippen LogP contribution in [0.1, 0.15) is 10.4 Å². The van der Waals surface area contributed by atoms with Crippen LogP contribution in [-0.4, -0.2) is 28.8 Å². The summed E-state index contributed by atoms with van der Waals surface area (Å²) in [5.74, 6) is -0.879. The van der Waals surface area contributed by atoms with Crippen molar-refractivity contribution in [2.75, 3.05) is 14.1 Å². The van der Waals surface area contributed by atoms with E-state index in [2.05, 4.69) is 17.7 Å². The Morgan fingerprint density at radius 2 is 1.69 bits per heavy atom. The van der Waals surface area contributed by atoms with Gasteiger partial charge in [0.15, 0.2) is 0 Å². The van der Waals surface area contributed by atoms with Gasteiger partial charge in [-0.05, 0) is 12.1 Å². The molecule has 0 bridgehead atoms. The van der Waals surface area contributed by atoms with Gasteiger partial charge in [-0.25, -0.2) is 4.79 Å². The van der Waals surface area contributed by atoms with Gasteiger partial charge in [0.1, 0.15) is 0 Å². The van der Waals surface area contributed by atoms with Gasteiger partial charge in [-0.2, -0.15) is 0 Å². The summed E-state index contributed by atoms with van der Waals surface area (Å²) in [4.78, 5) is 10.2. The number of carboxylic acid groups (broad SMARTS) is 1. The number of benzene rings is 1. The van der Waals surface area contributed by atoms with Crippen LogP contribution in [-0.2, 0) is 18.5 Å². The van der Waals surface area contributed by atoms with Crippen molar-refractivity contribution in [2.24, 2.45) is 0 Å². The van der Waals surface area contributed by atoms with Crippen molar-refractivity contribution >= 4 is 5.97 Å². The van der Waals surface area contributed by atoms with Crippen molar-refractivity contribution < 1.29 is 28.4 Å². The molecular weight excluding hydrogens is 219 g/mol. The third-order valence-electron chi connectivity index (χ3n) is 1.02. The van der Waals surface area contributed by atoms with Gasteiger partial charge < -0.3 is 5.11 Å². The molecule has 0 amide bonds. The van der Waals surface area contributed by atoms with E-state index in [9.17, 15) is 4.79 Å². The molecule has 13 heavy (non-hydrogen) atoms. The largest absolute Gasteiger partial charge is 0.478 e. The molecule has 0 saturated heterocycles. The first-order valence-electron chi connectivity index (χ1n) is 3.80. The molecule has 0 saturated carbocycles. The summed E-state index contributed by atoms with van der Waals surface area (Å²) in [5, 5.41) is 8.38. The zero-order chi connectivity index (χ0) is 10.3. The summed E-state index contributed by atoms with van der Waals surface area (Å²) in [7, 11) is 4.11. The normalized spacial score (nSPS) is 9.00. The molecular formula is C9H12NO2Zn. The van der Waals surface area contributed by atoms with Crippen molar-refractivity contribution in [3.63, 3.8) is 0 Å². The molecule has 1 aromatic carbocycles. The van der Waals surface area contributed by atoms with Crippen LogP contribution in [0.4, 0.5) is 0 Å². The maximum atomic E-state index is 10.2. The van der Waals surface area contributed by atoms with Crippen LogP contribution in [0.15, 0.2) is 30.3 Å². The average molecular weight is 232 g/mol. The Morgan fingerprint density at radius 1 is 1.31 bits per heavy atom. The Bertz CT molecular complexity index is 246. The Kier molecular flexibility index (Phi) is 6.38. The van der Waals surface area contributed by atoms with E-state index in [-0.39, 0.29) is 0 Å². The average Bonchev–Trinajstić information content (AvgIpc) is 2.05. The van der Waals surface area contributed by atoms with E-state index in [0.717, 1.165) is 0 Å². The molecule has 67 valence electrons. The van der Waals surface area contributed by atoms with Crippen LogP contribution < -0.4 is 0 Å². The van der Waals surface area contributed by atoms with Crippen molar-refractivity contribution in [3.8, 4) is 0 Å². The number of hydrogen-bond acceptors (Lipinski definition) is 2. The summed E-state index contributed by atoms with van der Waals surface area (Å²) in [6.45, 7) is 0. The molecule has 1 aromatic rings. The fourth-order valence-electron chi connectivity index (χ4n) is 0.581. The van der Waals surface area contributed by atoms with Crippen LogP contribution in [0, 0.1) is 0 Å².